The van der Waals surface area contributed by atoms with Gasteiger partial charge in [-0.25, -0.2) is 4.39 Å². The van der Waals surface area contributed by atoms with Crippen LogP contribution in [-0.2, 0) is 6.42 Å². The molecule has 0 saturated carbocycles. The molecule has 0 radical (unpaired) electrons. The van der Waals surface area contributed by atoms with Crippen LogP contribution in [0.2, 0.25) is 0 Å². The standard InChI is InChI=1S/C16H14BrFO2/c1-10-6-7-11(8-13(10)17)14(19)9-12-4-3-5-15(20-2)16(12)18/h3-8H,9H2,1-2H3. The lowest BCUT2D eigenvalue weighted by Crippen LogP contribution is -2.06. The number of aryl methyl sites for hydroxylation is 1. The van der Waals surface area contributed by atoms with Gasteiger partial charge in [-0.15, -0.1) is 0 Å². The minimum Gasteiger partial charge on any atom is -0.494 e. The van der Waals surface area contributed by atoms with Gasteiger partial charge in [0.1, 0.15) is 0 Å². The second kappa shape index (κ2) is 6.18. The van der Waals surface area contributed by atoms with Crippen LogP contribution >= 0.6 is 15.9 Å². The SMILES string of the molecule is COc1cccc(CC(=O)c2ccc(C)c(Br)c2)c1F. The Hall–Kier alpha value is -1.68. The van der Waals surface area contributed by atoms with Crippen LogP contribution < -0.4 is 4.74 Å². The summed E-state index contributed by atoms with van der Waals surface area (Å²) in [5.74, 6) is -0.451. The molecule has 0 fully saturated rings. The van der Waals surface area contributed by atoms with E-state index in [0.29, 0.717) is 11.1 Å². The molecule has 104 valence electrons. The molecule has 0 heterocycles. The summed E-state index contributed by atoms with van der Waals surface area (Å²) >= 11 is 3.39. The van der Waals surface area contributed by atoms with Gasteiger partial charge in [-0.05, 0) is 30.2 Å². The number of hydrogen-bond acceptors (Lipinski definition) is 2. The van der Waals surface area contributed by atoms with E-state index in [1.54, 1.807) is 24.3 Å². The number of rotatable bonds is 4. The molecule has 0 amide bonds. The van der Waals surface area contributed by atoms with Gasteiger partial charge >= 0.3 is 0 Å². The Balaban J connectivity index is 2.25. The molecule has 20 heavy (non-hydrogen) atoms. The fraction of sp³-hybridized carbons (Fsp3) is 0.188. The van der Waals surface area contributed by atoms with E-state index in [1.165, 1.54) is 13.2 Å². The van der Waals surface area contributed by atoms with E-state index in [9.17, 15) is 9.18 Å². The van der Waals surface area contributed by atoms with Crippen molar-refractivity contribution < 1.29 is 13.9 Å². The van der Waals surface area contributed by atoms with E-state index < -0.39 is 5.82 Å². The Bertz CT molecular complexity index is 653. The molecule has 0 aromatic heterocycles. The van der Waals surface area contributed by atoms with Crippen molar-refractivity contribution in [2.45, 2.75) is 13.3 Å². The minimum atomic E-state index is -0.477. The largest absolute Gasteiger partial charge is 0.494 e. The first-order chi connectivity index (χ1) is 9.52. The molecule has 0 bridgehead atoms. The van der Waals surface area contributed by atoms with Crippen LogP contribution in [0.5, 0.6) is 5.75 Å². The molecule has 0 aliphatic heterocycles. The van der Waals surface area contributed by atoms with Gasteiger partial charge < -0.3 is 4.74 Å². The van der Waals surface area contributed by atoms with Crippen molar-refractivity contribution in [3.05, 3.63) is 63.4 Å². The average molecular weight is 337 g/mol. The van der Waals surface area contributed by atoms with Crippen molar-refractivity contribution in [3.8, 4) is 5.75 Å². The van der Waals surface area contributed by atoms with Crippen LogP contribution in [0.4, 0.5) is 4.39 Å². The number of carbonyl (C=O) groups is 1. The molecule has 2 aromatic rings. The highest BCUT2D eigenvalue weighted by Gasteiger charge is 2.14. The van der Waals surface area contributed by atoms with Crippen LogP contribution in [0.3, 0.4) is 0 Å². The van der Waals surface area contributed by atoms with Crippen molar-refractivity contribution in [2.24, 2.45) is 0 Å². The fourth-order valence-electron chi connectivity index (χ4n) is 1.89. The lowest BCUT2D eigenvalue weighted by atomic mass is 10.0. The molecule has 4 heteroatoms. The van der Waals surface area contributed by atoms with E-state index in [4.69, 9.17) is 4.74 Å². The summed E-state index contributed by atoms with van der Waals surface area (Å²) in [5, 5.41) is 0. The minimum absolute atomic E-state index is 0.0124. The van der Waals surface area contributed by atoms with E-state index in [0.717, 1.165) is 10.0 Å². The summed E-state index contributed by atoms with van der Waals surface area (Å²) in [4.78, 5) is 12.2. The third kappa shape index (κ3) is 3.07. The maximum absolute atomic E-state index is 14.0. The van der Waals surface area contributed by atoms with Crippen LogP contribution in [0.15, 0.2) is 40.9 Å². The molecule has 2 rings (SSSR count). The highest BCUT2D eigenvalue weighted by Crippen LogP contribution is 2.23. The lowest BCUT2D eigenvalue weighted by Gasteiger charge is -2.07. The second-order valence-corrected chi connectivity index (χ2v) is 5.35. The molecular weight excluding hydrogens is 323 g/mol. The van der Waals surface area contributed by atoms with E-state index in [-0.39, 0.29) is 18.0 Å². The van der Waals surface area contributed by atoms with Gasteiger partial charge in [-0.2, -0.15) is 0 Å². The van der Waals surface area contributed by atoms with Crippen molar-refractivity contribution in [1.29, 1.82) is 0 Å². The van der Waals surface area contributed by atoms with Gasteiger partial charge in [0.25, 0.3) is 0 Å². The van der Waals surface area contributed by atoms with Gasteiger partial charge in [0.2, 0.25) is 0 Å². The fourth-order valence-corrected chi connectivity index (χ4v) is 2.27. The summed E-state index contributed by atoms with van der Waals surface area (Å²) in [6, 6.07) is 10.2. The van der Waals surface area contributed by atoms with Crippen LogP contribution in [0.1, 0.15) is 21.5 Å². The number of carbonyl (C=O) groups excluding carboxylic acids is 1. The highest BCUT2D eigenvalue weighted by atomic mass is 79.9. The van der Waals surface area contributed by atoms with E-state index in [1.807, 2.05) is 13.0 Å². The number of ketones is 1. The third-order valence-electron chi connectivity index (χ3n) is 3.11. The molecular formula is C16H14BrFO2. The monoisotopic (exact) mass is 336 g/mol. The predicted molar refractivity (Wildman–Crippen MR) is 79.9 cm³/mol. The first kappa shape index (κ1) is 14.7. The number of benzene rings is 2. The Morgan fingerprint density at radius 2 is 2.05 bits per heavy atom. The van der Waals surface area contributed by atoms with Gasteiger partial charge in [0.05, 0.1) is 7.11 Å². The summed E-state index contributed by atoms with van der Waals surface area (Å²) < 4.78 is 19.8. The summed E-state index contributed by atoms with van der Waals surface area (Å²) in [7, 11) is 1.40. The van der Waals surface area contributed by atoms with Crippen molar-refractivity contribution in [1.82, 2.24) is 0 Å². The molecule has 0 saturated heterocycles. The van der Waals surface area contributed by atoms with Crippen molar-refractivity contribution in [3.63, 3.8) is 0 Å². The predicted octanol–water partition coefficient (Wildman–Crippen LogP) is 4.33. The summed E-state index contributed by atoms with van der Waals surface area (Å²) in [6.45, 7) is 1.94. The maximum atomic E-state index is 14.0. The first-order valence-electron chi connectivity index (χ1n) is 6.13. The number of ether oxygens (including phenoxy) is 1. The number of halogens is 2. The van der Waals surface area contributed by atoms with Crippen molar-refractivity contribution >= 4 is 21.7 Å². The maximum Gasteiger partial charge on any atom is 0.168 e. The molecule has 0 aliphatic carbocycles. The summed E-state index contributed by atoms with van der Waals surface area (Å²) in [6.07, 6.45) is 0.0124. The van der Waals surface area contributed by atoms with Gasteiger partial charge in [0, 0.05) is 16.5 Å². The Morgan fingerprint density at radius 1 is 1.30 bits per heavy atom. The van der Waals surface area contributed by atoms with Crippen LogP contribution in [0.25, 0.3) is 0 Å². The van der Waals surface area contributed by atoms with Crippen molar-refractivity contribution in [2.75, 3.05) is 7.11 Å². The average Bonchev–Trinajstić information content (AvgIpc) is 2.44. The molecule has 2 aromatic carbocycles. The Kier molecular flexibility index (Phi) is 4.55. The highest BCUT2D eigenvalue weighted by molar-refractivity contribution is 9.10. The zero-order valence-corrected chi connectivity index (χ0v) is 12.8. The Labute approximate surface area is 125 Å². The number of methoxy groups -OCH3 is 1. The topological polar surface area (TPSA) is 26.3 Å². The second-order valence-electron chi connectivity index (χ2n) is 4.50. The smallest absolute Gasteiger partial charge is 0.168 e. The lowest BCUT2D eigenvalue weighted by molar-refractivity contribution is 0.0991. The zero-order valence-electron chi connectivity index (χ0n) is 11.2. The zero-order chi connectivity index (χ0) is 14.7. The van der Waals surface area contributed by atoms with Gasteiger partial charge in [-0.3, -0.25) is 4.79 Å². The number of Topliss-reactive ketones (excluding diaryl/α,β-unsaturated/α-hetero) is 1. The van der Waals surface area contributed by atoms with Crippen LogP contribution in [0, 0.1) is 12.7 Å². The molecule has 0 atom stereocenters. The van der Waals surface area contributed by atoms with Gasteiger partial charge in [0.15, 0.2) is 17.3 Å². The molecule has 0 unspecified atom stereocenters. The third-order valence-corrected chi connectivity index (χ3v) is 3.96. The summed E-state index contributed by atoms with van der Waals surface area (Å²) in [5.41, 5.74) is 1.95. The number of hydrogen-bond donors (Lipinski definition) is 0. The normalized spacial score (nSPS) is 10.4. The first-order valence-corrected chi connectivity index (χ1v) is 6.93. The molecule has 2 nitrogen and oxygen atoms in total. The molecule has 0 spiro atoms. The Morgan fingerprint density at radius 3 is 2.70 bits per heavy atom. The van der Waals surface area contributed by atoms with Gasteiger partial charge in [-0.1, -0.05) is 40.2 Å². The molecule has 0 N–H and O–H groups in total. The molecule has 0 aliphatic rings. The van der Waals surface area contributed by atoms with E-state index in [2.05, 4.69) is 15.9 Å². The van der Waals surface area contributed by atoms with Crippen LogP contribution in [-0.4, -0.2) is 12.9 Å². The quantitative estimate of drug-likeness (QED) is 0.776. The van der Waals surface area contributed by atoms with E-state index >= 15 is 0 Å².